The SMILES string of the molecule is CCN(C[C@H]1CN(CCc2cnn(C)c2)CCO1)c1cccnn1. The lowest BCUT2D eigenvalue weighted by Gasteiger charge is -2.35. The monoisotopic (exact) mass is 330 g/mol. The van der Waals surface area contributed by atoms with Gasteiger partial charge in [-0.2, -0.15) is 10.2 Å². The van der Waals surface area contributed by atoms with Crippen LogP contribution in [0.25, 0.3) is 0 Å². The molecular formula is C17H26N6O. The van der Waals surface area contributed by atoms with Gasteiger partial charge in [0.05, 0.1) is 18.9 Å². The molecule has 0 N–H and O–H groups in total. The summed E-state index contributed by atoms with van der Waals surface area (Å²) >= 11 is 0. The first-order valence-electron chi connectivity index (χ1n) is 8.58. The van der Waals surface area contributed by atoms with E-state index >= 15 is 0 Å². The van der Waals surface area contributed by atoms with Crippen LogP contribution < -0.4 is 4.90 Å². The summed E-state index contributed by atoms with van der Waals surface area (Å²) in [6, 6.07) is 3.92. The number of rotatable bonds is 7. The second kappa shape index (κ2) is 8.21. The molecule has 3 heterocycles. The second-order valence-corrected chi connectivity index (χ2v) is 6.19. The van der Waals surface area contributed by atoms with E-state index in [1.165, 1.54) is 5.56 Å². The number of aromatic nitrogens is 4. The first-order valence-corrected chi connectivity index (χ1v) is 8.58. The topological polar surface area (TPSA) is 59.3 Å². The number of nitrogens with zero attached hydrogens (tertiary/aromatic N) is 6. The molecule has 2 aromatic rings. The number of morpholine rings is 1. The Labute approximate surface area is 143 Å². The summed E-state index contributed by atoms with van der Waals surface area (Å²) in [5.41, 5.74) is 1.29. The van der Waals surface area contributed by atoms with Gasteiger partial charge in [0.15, 0.2) is 5.82 Å². The first kappa shape index (κ1) is 16.9. The van der Waals surface area contributed by atoms with Gasteiger partial charge in [0.25, 0.3) is 0 Å². The summed E-state index contributed by atoms with van der Waals surface area (Å²) in [6.07, 6.45) is 6.97. The maximum atomic E-state index is 5.97. The van der Waals surface area contributed by atoms with E-state index in [2.05, 4.69) is 38.2 Å². The van der Waals surface area contributed by atoms with Gasteiger partial charge in [0, 0.05) is 52.2 Å². The largest absolute Gasteiger partial charge is 0.374 e. The maximum Gasteiger partial charge on any atom is 0.151 e. The maximum absolute atomic E-state index is 5.97. The molecule has 24 heavy (non-hydrogen) atoms. The molecule has 2 aromatic heterocycles. The highest BCUT2D eigenvalue weighted by atomic mass is 16.5. The smallest absolute Gasteiger partial charge is 0.151 e. The first-order chi connectivity index (χ1) is 11.7. The van der Waals surface area contributed by atoms with Crippen molar-refractivity contribution in [1.82, 2.24) is 24.9 Å². The van der Waals surface area contributed by atoms with E-state index in [4.69, 9.17) is 4.74 Å². The zero-order chi connectivity index (χ0) is 16.8. The lowest BCUT2D eigenvalue weighted by molar-refractivity contribution is -0.0234. The highest BCUT2D eigenvalue weighted by Crippen LogP contribution is 2.13. The van der Waals surface area contributed by atoms with Gasteiger partial charge in [-0.25, -0.2) is 0 Å². The van der Waals surface area contributed by atoms with Gasteiger partial charge >= 0.3 is 0 Å². The number of aryl methyl sites for hydroxylation is 1. The highest BCUT2D eigenvalue weighted by molar-refractivity contribution is 5.36. The molecule has 1 fully saturated rings. The van der Waals surface area contributed by atoms with Gasteiger partial charge in [-0.15, -0.1) is 5.10 Å². The van der Waals surface area contributed by atoms with E-state index in [-0.39, 0.29) is 6.10 Å². The number of ether oxygens (including phenoxy) is 1. The molecule has 0 bridgehead atoms. The van der Waals surface area contributed by atoms with Gasteiger partial charge in [0.1, 0.15) is 0 Å². The number of hydrogen-bond acceptors (Lipinski definition) is 6. The Morgan fingerprint density at radius 2 is 2.33 bits per heavy atom. The van der Waals surface area contributed by atoms with E-state index in [0.29, 0.717) is 0 Å². The van der Waals surface area contributed by atoms with Crippen molar-refractivity contribution in [3.05, 3.63) is 36.3 Å². The molecule has 1 saturated heterocycles. The van der Waals surface area contributed by atoms with Crippen LogP contribution in [0.3, 0.4) is 0 Å². The van der Waals surface area contributed by atoms with Crippen LogP contribution in [0.5, 0.6) is 0 Å². The molecule has 1 atom stereocenters. The summed E-state index contributed by atoms with van der Waals surface area (Å²) in [5.74, 6) is 0.913. The Kier molecular flexibility index (Phi) is 5.77. The van der Waals surface area contributed by atoms with Crippen molar-refractivity contribution in [2.45, 2.75) is 19.4 Å². The van der Waals surface area contributed by atoms with E-state index in [1.807, 2.05) is 30.1 Å². The lowest BCUT2D eigenvalue weighted by Crippen LogP contribution is -2.48. The number of anilines is 1. The molecule has 7 heteroatoms. The Balaban J connectivity index is 1.51. The standard InChI is InChI=1S/C17H26N6O/c1-3-23(17-5-4-7-18-20-17)14-16-13-22(9-10-24-16)8-6-15-11-19-21(2)12-15/h4-5,7,11-12,16H,3,6,8-10,13-14H2,1-2H3/t16-/m1/s1. The van der Waals surface area contributed by atoms with Gasteiger partial charge in [0.2, 0.25) is 0 Å². The van der Waals surface area contributed by atoms with Crippen LogP contribution in [0.1, 0.15) is 12.5 Å². The minimum atomic E-state index is 0.203. The number of hydrogen-bond donors (Lipinski definition) is 0. The average Bonchev–Trinajstić information content (AvgIpc) is 3.04. The molecule has 1 aliphatic rings. The van der Waals surface area contributed by atoms with E-state index < -0.39 is 0 Å². The summed E-state index contributed by atoms with van der Waals surface area (Å²) < 4.78 is 7.83. The molecule has 130 valence electrons. The molecule has 0 saturated carbocycles. The third-order valence-electron chi connectivity index (χ3n) is 4.39. The lowest BCUT2D eigenvalue weighted by atomic mass is 10.2. The van der Waals surface area contributed by atoms with Crippen molar-refractivity contribution < 1.29 is 4.74 Å². The molecule has 1 aliphatic heterocycles. The Bertz CT molecular complexity index is 617. The van der Waals surface area contributed by atoms with Crippen LogP contribution in [0, 0.1) is 0 Å². The van der Waals surface area contributed by atoms with Crippen molar-refractivity contribution in [3.63, 3.8) is 0 Å². The molecular weight excluding hydrogens is 304 g/mol. The molecule has 0 amide bonds. The third-order valence-corrected chi connectivity index (χ3v) is 4.39. The van der Waals surface area contributed by atoms with Crippen molar-refractivity contribution in [1.29, 1.82) is 0 Å². The fourth-order valence-electron chi connectivity index (χ4n) is 3.07. The third kappa shape index (κ3) is 4.52. The molecule has 3 rings (SSSR count). The molecule has 0 unspecified atom stereocenters. The van der Waals surface area contributed by atoms with Crippen LogP contribution in [-0.2, 0) is 18.2 Å². The zero-order valence-corrected chi connectivity index (χ0v) is 14.5. The average molecular weight is 330 g/mol. The Morgan fingerprint density at radius 3 is 3.04 bits per heavy atom. The summed E-state index contributed by atoms with van der Waals surface area (Å²) in [5, 5.41) is 12.4. The van der Waals surface area contributed by atoms with E-state index in [9.17, 15) is 0 Å². The fraction of sp³-hybridized carbons (Fsp3) is 0.588. The normalized spacial score (nSPS) is 18.7. The van der Waals surface area contributed by atoms with E-state index in [1.54, 1.807) is 6.20 Å². The second-order valence-electron chi connectivity index (χ2n) is 6.19. The molecule has 0 aliphatic carbocycles. The van der Waals surface area contributed by atoms with Crippen molar-refractivity contribution >= 4 is 5.82 Å². The predicted octanol–water partition coefficient (Wildman–Crippen LogP) is 0.980. The quantitative estimate of drug-likeness (QED) is 0.754. The van der Waals surface area contributed by atoms with Crippen LogP contribution >= 0.6 is 0 Å². The highest BCUT2D eigenvalue weighted by Gasteiger charge is 2.23. The predicted molar refractivity (Wildman–Crippen MR) is 93.0 cm³/mol. The molecule has 0 radical (unpaired) electrons. The van der Waals surface area contributed by atoms with Gasteiger partial charge in [-0.3, -0.25) is 9.58 Å². The van der Waals surface area contributed by atoms with E-state index in [0.717, 1.165) is 51.6 Å². The molecule has 0 aromatic carbocycles. The minimum absolute atomic E-state index is 0.203. The van der Waals surface area contributed by atoms with Crippen molar-refractivity contribution in [3.8, 4) is 0 Å². The zero-order valence-electron chi connectivity index (χ0n) is 14.5. The van der Waals surface area contributed by atoms with Gasteiger partial charge < -0.3 is 9.64 Å². The van der Waals surface area contributed by atoms with Crippen LogP contribution in [-0.4, -0.2) is 70.3 Å². The summed E-state index contributed by atoms with van der Waals surface area (Å²) in [7, 11) is 1.96. The van der Waals surface area contributed by atoms with Crippen molar-refractivity contribution in [2.24, 2.45) is 7.05 Å². The minimum Gasteiger partial charge on any atom is -0.374 e. The summed E-state index contributed by atoms with van der Waals surface area (Å²) in [4.78, 5) is 4.70. The van der Waals surface area contributed by atoms with Gasteiger partial charge in [-0.1, -0.05) is 0 Å². The van der Waals surface area contributed by atoms with Crippen LogP contribution in [0.15, 0.2) is 30.7 Å². The fourth-order valence-corrected chi connectivity index (χ4v) is 3.07. The van der Waals surface area contributed by atoms with Crippen LogP contribution in [0.2, 0.25) is 0 Å². The number of likely N-dealkylation sites (N-methyl/N-ethyl adjacent to an activating group) is 1. The molecule has 7 nitrogen and oxygen atoms in total. The Hall–Kier alpha value is -1.99. The Morgan fingerprint density at radius 1 is 1.42 bits per heavy atom. The van der Waals surface area contributed by atoms with Crippen LogP contribution in [0.4, 0.5) is 5.82 Å². The van der Waals surface area contributed by atoms with Gasteiger partial charge in [-0.05, 0) is 31.0 Å². The summed E-state index contributed by atoms with van der Waals surface area (Å²) in [6.45, 7) is 7.66. The van der Waals surface area contributed by atoms with Crippen molar-refractivity contribution in [2.75, 3.05) is 44.2 Å². The molecule has 0 spiro atoms.